The summed E-state index contributed by atoms with van der Waals surface area (Å²) in [6.07, 6.45) is 21.9. The Morgan fingerprint density at radius 3 is 1.57 bits per heavy atom. The van der Waals surface area contributed by atoms with E-state index < -0.39 is 0 Å². The topological polar surface area (TPSA) is 69.1 Å². The van der Waals surface area contributed by atoms with Gasteiger partial charge in [0.05, 0.1) is 0 Å². The molecule has 3 nitrogen and oxygen atoms in total. The average Bonchev–Trinajstić information content (AvgIpc) is 2.51. The zero-order chi connectivity index (χ0) is 17.6. The van der Waals surface area contributed by atoms with Crippen LogP contribution < -0.4 is 11.5 Å². The summed E-state index contributed by atoms with van der Waals surface area (Å²) in [4.78, 5) is 10.5. The van der Waals surface area contributed by atoms with Gasteiger partial charge in [-0.2, -0.15) is 0 Å². The maximum atomic E-state index is 10.5. The molecular weight excluding hydrogens is 284 g/mol. The Morgan fingerprint density at radius 1 is 0.739 bits per heavy atom. The Balaban J connectivity index is 0. The lowest BCUT2D eigenvalue weighted by molar-refractivity contribution is -0.118. The van der Waals surface area contributed by atoms with Crippen LogP contribution in [-0.4, -0.2) is 12.5 Å². The van der Waals surface area contributed by atoms with E-state index in [1.165, 1.54) is 70.6 Å². The summed E-state index contributed by atoms with van der Waals surface area (Å²) in [7, 11) is 0. The van der Waals surface area contributed by atoms with Crippen molar-refractivity contribution in [2.75, 3.05) is 6.54 Å². The first-order valence-electron chi connectivity index (χ1n) is 9.82. The molecule has 0 aliphatic rings. The van der Waals surface area contributed by atoms with Crippen LogP contribution in [0, 0.1) is 0 Å². The first-order chi connectivity index (χ1) is 11.2. The van der Waals surface area contributed by atoms with E-state index in [-0.39, 0.29) is 5.91 Å². The van der Waals surface area contributed by atoms with Gasteiger partial charge in [0.15, 0.2) is 0 Å². The molecule has 0 aromatic rings. The molecule has 0 spiro atoms. The van der Waals surface area contributed by atoms with Crippen molar-refractivity contribution >= 4 is 5.91 Å². The highest BCUT2D eigenvalue weighted by Gasteiger charge is 1.94. The highest BCUT2D eigenvalue weighted by molar-refractivity contribution is 5.73. The molecule has 0 saturated heterocycles. The number of hydrogen-bond donors (Lipinski definition) is 2. The lowest BCUT2D eigenvalue weighted by atomic mass is 10.1. The third kappa shape index (κ3) is 29.8. The summed E-state index contributed by atoms with van der Waals surface area (Å²) in [5.74, 6) is -0.164. The van der Waals surface area contributed by atoms with Crippen molar-refractivity contribution in [1.29, 1.82) is 0 Å². The lowest BCUT2D eigenvalue weighted by Gasteiger charge is -1.99. The molecule has 0 rings (SSSR count). The standard InChI is InChI=1S/C18H35NO.C2H7N/c1-2-3-4-5-6-7-8-9-10-11-12-13-14-15-16-17-18(19)20;1-2-3/h9-10H,2-8,11-17H2,1H3,(H2,19,20);2-3H2,1H3/b10-9-;. The summed E-state index contributed by atoms with van der Waals surface area (Å²) < 4.78 is 0. The molecule has 0 aromatic heterocycles. The number of unbranched alkanes of at least 4 members (excludes halogenated alkanes) is 11. The third-order valence-electron chi connectivity index (χ3n) is 3.68. The van der Waals surface area contributed by atoms with Crippen LogP contribution in [0.25, 0.3) is 0 Å². The van der Waals surface area contributed by atoms with Crippen LogP contribution >= 0.6 is 0 Å². The molecule has 23 heavy (non-hydrogen) atoms. The molecule has 3 heteroatoms. The molecule has 138 valence electrons. The second-order valence-corrected chi connectivity index (χ2v) is 6.21. The van der Waals surface area contributed by atoms with Gasteiger partial charge in [0, 0.05) is 6.42 Å². The van der Waals surface area contributed by atoms with E-state index >= 15 is 0 Å². The number of amides is 1. The predicted molar refractivity (Wildman–Crippen MR) is 103 cm³/mol. The summed E-state index contributed by atoms with van der Waals surface area (Å²) in [5, 5.41) is 0. The fraction of sp³-hybridized carbons (Fsp3) is 0.850. The lowest BCUT2D eigenvalue weighted by Crippen LogP contribution is -2.09. The Morgan fingerprint density at radius 2 is 1.13 bits per heavy atom. The Labute approximate surface area is 145 Å². The zero-order valence-corrected chi connectivity index (χ0v) is 15.8. The Bertz CT molecular complexity index is 252. The van der Waals surface area contributed by atoms with E-state index in [0.717, 1.165) is 19.4 Å². The molecule has 1 amide bonds. The fourth-order valence-electron chi connectivity index (χ4n) is 2.37. The van der Waals surface area contributed by atoms with Crippen LogP contribution in [-0.2, 0) is 4.79 Å². The molecule has 0 unspecified atom stereocenters. The number of carbonyl (C=O) groups excluding carboxylic acids is 1. The van der Waals surface area contributed by atoms with E-state index in [1.54, 1.807) is 0 Å². The van der Waals surface area contributed by atoms with Crippen molar-refractivity contribution in [2.45, 2.75) is 104 Å². The van der Waals surface area contributed by atoms with Crippen molar-refractivity contribution in [3.05, 3.63) is 12.2 Å². The highest BCUT2D eigenvalue weighted by atomic mass is 16.1. The van der Waals surface area contributed by atoms with Gasteiger partial charge in [-0.15, -0.1) is 0 Å². The van der Waals surface area contributed by atoms with Crippen molar-refractivity contribution in [2.24, 2.45) is 11.5 Å². The van der Waals surface area contributed by atoms with Crippen molar-refractivity contribution in [1.82, 2.24) is 0 Å². The summed E-state index contributed by atoms with van der Waals surface area (Å²) in [6, 6.07) is 0. The molecular formula is C20H42N2O. The SMILES string of the molecule is CCCCCCCC/C=C\CCCCCCCC(N)=O.CCN. The molecule has 0 radical (unpaired) electrons. The molecule has 0 aliphatic heterocycles. The van der Waals surface area contributed by atoms with Gasteiger partial charge in [0.25, 0.3) is 0 Å². The van der Waals surface area contributed by atoms with Gasteiger partial charge in [-0.3, -0.25) is 4.79 Å². The van der Waals surface area contributed by atoms with Crippen molar-refractivity contribution < 1.29 is 4.79 Å². The quantitative estimate of drug-likeness (QED) is 0.309. The van der Waals surface area contributed by atoms with Gasteiger partial charge in [0.2, 0.25) is 5.91 Å². The molecule has 0 atom stereocenters. The van der Waals surface area contributed by atoms with Crippen LogP contribution in [0.15, 0.2) is 12.2 Å². The van der Waals surface area contributed by atoms with E-state index in [4.69, 9.17) is 11.5 Å². The van der Waals surface area contributed by atoms with Crippen LogP contribution in [0.5, 0.6) is 0 Å². The van der Waals surface area contributed by atoms with Crippen LogP contribution in [0.1, 0.15) is 104 Å². The molecule has 0 bridgehead atoms. The molecule has 0 aliphatic carbocycles. The van der Waals surface area contributed by atoms with Gasteiger partial charge in [-0.25, -0.2) is 0 Å². The average molecular weight is 327 g/mol. The fourth-order valence-corrected chi connectivity index (χ4v) is 2.37. The first kappa shape index (κ1) is 24.4. The summed E-state index contributed by atoms with van der Waals surface area (Å²) >= 11 is 0. The van der Waals surface area contributed by atoms with E-state index in [9.17, 15) is 4.79 Å². The molecule has 0 heterocycles. The molecule has 4 N–H and O–H groups in total. The minimum absolute atomic E-state index is 0.164. The second kappa shape index (κ2) is 23.4. The van der Waals surface area contributed by atoms with Crippen LogP contribution in [0.4, 0.5) is 0 Å². The monoisotopic (exact) mass is 326 g/mol. The van der Waals surface area contributed by atoms with Crippen LogP contribution in [0.3, 0.4) is 0 Å². The number of hydrogen-bond acceptors (Lipinski definition) is 2. The number of allylic oxidation sites excluding steroid dienone is 2. The molecule has 0 fully saturated rings. The largest absolute Gasteiger partial charge is 0.370 e. The van der Waals surface area contributed by atoms with E-state index in [2.05, 4.69) is 19.1 Å². The summed E-state index contributed by atoms with van der Waals surface area (Å²) in [5.41, 5.74) is 9.95. The molecule has 0 saturated carbocycles. The Kier molecular flexibility index (Phi) is 24.9. The van der Waals surface area contributed by atoms with Gasteiger partial charge in [0.1, 0.15) is 0 Å². The number of carbonyl (C=O) groups is 1. The number of primary amides is 1. The summed E-state index contributed by atoms with van der Waals surface area (Å²) in [6.45, 7) is 4.92. The van der Waals surface area contributed by atoms with E-state index in [0.29, 0.717) is 6.42 Å². The van der Waals surface area contributed by atoms with Crippen molar-refractivity contribution in [3.8, 4) is 0 Å². The molecule has 0 aromatic carbocycles. The predicted octanol–water partition coefficient (Wildman–Crippen LogP) is 5.47. The maximum Gasteiger partial charge on any atom is 0.217 e. The normalized spacial score (nSPS) is 10.6. The zero-order valence-electron chi connectivity index (χ0n) is 15.8. The minimum Gasteiger partial charge on any atom is -0.370 e. The minimum atomic E-state index is -0.164. The smallest absolute Gasteiger partial charge is 0.217 e. The number of rotatable bonds is 15. The van der Waals surface area contributed by atoms with Gasteiger partial charge in [-0.1, -0.05) is 77.4 Å². The van der Waals surface area contributed by atoms with Gasteiger partial charge < -0.3 is 11.5 Å². The van der Waals surface area contributed by atoms with Crippen molar-refractivity contribution in [3.63, 3.8) is 0 Å². The first-order valence-corrected chi connectivity index (χ1v) is 9.82. The maximum absolute atomic E-state index is 10.5. The van der Waals surface area contributed by atoms with Gasteiger partial charge in [-0.05, 0) is 38.6 Å². The Hall–Kier alpha value is -0.830. The number of nitrogens with two attached hydrogens (primary N) is 2. The second-order valence-electron chi connectivity index (χ2n) is 6.21. The van der Waals surface area contributed by atoms with Gasteiger partial charge >= 0.3 is 0 Å². The van der Waals surface area contributed by atoms with E-state index in [1.807, 2.05) is 6.92 Å². The van der Waals surface area contributed by atoms with Crippen LogP contribution in [0.2, 0.25) is 0 Å². The third-order valence-corrected chi connectivity index (χ3v) is 3.68. The highest BCUT2D eigenvalue weighted by Crippen LogP contribution is 2.09.